The first-order valence-electron chi connectivity index (χ1n) is 5.02. The maximum absolute atomic E-state index is 10.9. The lowest BCUT2D eigenvalue weighted by molar-refractivity contribution is -0.119. The second kappa shape index (κ2) is 4.21. The molecule has 1 heterocycles. The van der Waals surface area contributed by atoms with E-state index in [0.29, 0.717) is 18.7 Å². The Bertz CT molecular complexity index is 365. The minimum absolute atomic E-state index is 0.108. The summed E-state index contributed by atoms with van der Waals surface area (Å²) >= 11 is 0. The van der Waals surface area contributed by atoms with E-state index >= 15 is 0 Å². The van der Waals surface area contributed by atoms with Gasteiger partial charge < -0.3 is 15.8 Å². The summed E-state index contributed by atoms with van der Waals surface area (Å²) in [5.41, 5.74) is 6.30. The Hall–Kier alpha value is -1.71. The number of carbonyl (C=O) groups is 1. The molecule has 1 fully saturated rings. The molecule has 0 saturated carbocycles. The van der Waals surface area contributed by atoms with Gasteiger partial charge in [0.15, 0.2) is 0 Å². The molecule has 1 aliphatic heterocycles. The lowest BCUT2D eigenvalue weighted by Gasteiger charge is -2.11. The summed E-state index contributed by atoms with van der Waals surface area (Å²) in [5.74, 6) is 0.854. The number of ether oxygens (including phenoxy) is 1. The lowest BCUT2D eigenvalue weighted by Crippen LogP contribution is -2.30. The predicted molar refractivity (Wildman–Crippen MR) is 57.5 cm³/mol. The third kappa shape index (κ3) is 2.62. The average Bonchev–Trinajstić information content (AvgIpc) is 2.62. The van der Waals surface area contributed by atoms with E-state index in [1.165, 1.54) is 0 Å². The van der Waals surface area contributed by atoms with Crippen molar-refractivity contribution in [1.82, 2.24) is 5.32 Å². The van der Waals surface area contributed by atoms with E-state index < -0.39 is 0 Å². The molecule has 80 valence electrons. The zero-order valence-electron chi connectivity index (χ0n) is 8.40. The molecular weight excluding hydrogens is 192 g/mol. The van der Waals surface area contributed by atoms with Crippen molar-refractivity contribution < 1.29 is 9.53 Å². The molecule has 0 aromatic heterocycles. The number of nitrogens with one attached hydrogen (secondary N) is 1. The Morgan fingerprint density at radius 3 is 3.07 bits per heavy atom. The van der Waals surface area contributed by atoms with Gasteiger partial charge in [-0.05, 0) is 18.6 Å². The minimum atomic E-state index is 0.108. The maximum atomic E-state index is 10.9. The quantitative estimate of drug-likeness (QED) is 0.723. The highest BCUT2D eigenvalue weighted by molar-refractivity contribution is 5.78. The van der Waals surface area contributed by atoms with Gasteiger partial charge in [0.1, 0.15) is 12.4 Å². The maximum Gasteiger partial charge on any atom is 0.220 e. The molecule has 4 heteroatoms. The second-order valence-electron chi connectivity index (χ2n) is 3.69. The fourth-order valence-corrected chi connectivity index (χ4v) is 1.60. The number of anilines is 1. The van der Waals surface area contributed by atoms with Crippen LogP contribution < -0.4 is 15.8 Å². The summed E-state index contributed by atoms with van der Waals surface area (Å²) < 4.78 is 5.52. The van der Waals surface area contributed by atoms with Crippen LogP contribution in [0.1, 0.15) is 12.8 Å². The van der Waals surface area contributed by atoms with Gasteiger partial charge in [-0.15, -0.1) is 0 Å². The van der Waals surface area contributed by atoms with Gasteiger partial charge in [0, 0.05) is 18.2 Å². The van der Waals surface area contributed by atoms with E-state index in [1.54, 1.807) is 6.07 Å². The van der Waals surface area contributed by atoms with Crippen LogP contribution in [0.4, 0.5) is 5.69 Å². The van der Waals surface area contributed by atoms with Gasteiger partial charge in [-0.2, -0.15) is 0 Å². The fourth-order valence-electron chi connectivity index (χ4n) is 1.60. The Balaban J connectivity index is 1.85. The first-order valence-corrected chi connectivity index (χ1v) is 5.02. The number of hydrogen-bond acceptors (Lipinski definition) is 3. The molecule has 1 saturated heterocycles. The molecule has 1 unspecified atom stereocenters. The molecule has 3 N–H and O–H groups in total. The van der Waals surface area contributed by atoms with Crippen LogP contribution in [0, 0.1) is 0 Å². The monoisotopic (exact) mass is 206 g/mol. The molecule has 1 aromatic rings. The van der Waals surface area contributed by atoms with E-state index in [-0.39, 0.29) is 11.9 Å². The Morgan fingerprint density at radius 1 is 1.53 bits per heavy atom. The van der Waals surface area contributed by atoms with Gasteiger partial charge in [-0.3, -0.25) is 4.79 Å². The van der Waals surface area contributed by atoms with Gasteiger partial charge >= 0.3 is 0 Å². The smallest absolute Gasteiger partial charge is 0.220 e. The molecule has 1 aromatic carbocycles. The summed E-state index contributed by atoms with van der Waals surface area (Å²) in [6.07, 6.45) is 1.45. The normalized spacial score (nSPS) is 20.0. The number of amides is 1. The second-order valence-corrected chi connectivity index (χ2v) is 3.69. The van der Waals surface area contributed by atoms with Crippen molar-refractivity contribution in [2.75, 3.05) is 12.3 Å². The third-order valence-electron chi connectivity index (χ3n) is 2.39. The summed E-state index contributed by atoms with van der Waals surface area (Å²) in [5, 5.41) is 2.84. The van der Waals surface area contributed by atoms with E-state index in [9.17, 15) is 4.79 Å². The molecule has 0 spiro atoms. The van der Waals surface area contributed by atoms with Crippen LogP contribution in [0.3, 0.4) is 0 Å². The van der Waals surface area contributed by atoms with Crippen molar-refractivity contribution in [3.63, 3.8) is 0 Å². The Morgan fingerprint density at radius 2 is 2.40 bits per heavy atom. The third-order valence-corrected chi connectivity index (χ3v) is 2.39. The van der Waals surface area contributed by atoms with Crippen molar-refractivity contribution in [3.05, 3.63) is 24.3 Å². The molecule has 4 nitrogen and oxygen atoms in total. The highest BCUT2D eigenvalue weighted by atomic mass is 16.5. The Kier molecular flexibility index (Phi) is 2.76. The predicted octanol–water partition coefficient (Wildman–Crippen LogP) is 0.926. The standard InChI is InChI=1S/C11H14N2O2/c12-8-2-1-3-10(6-8)15-7-9-4-5-11(14)13-9/h1-3,6,9H,4-5,7,12H2,(H,13,14). The molecule has 1 aliphatic rings. The average molecular weight is 206 g/mol. The molecule has 0 aliphatic carbocycles. The van der Waals surface area contributed by atoms with Crippen LogP contribution >= 0.6 is 0 Å². The molecular formula is C11H14N2O2. The molecule has 2 rings (SSSR count). The zero-order valence-corrected chi connectivity index (χ0v) is 8.40. The van der Waals surface area contributed by atoms with Crippen molar-refractivity contribution in [2.24, 2.45) is 0 Å². The van der Waals surface area contributed by atoms with E-state index in [4.69, 9.17) is 10.5 Å². The summed E-state index contributed by atoms with van der Waals surface area (Å²) in [4.78, 5) is 10.9. The molecule has 1 amide bonds. The van der Waals surface area contributed by atoms with Crippen molar-refractivity contribution >= 4 is 11.6 Å². The van der Waals surface area contributed by atoms with Crippen LogP contribution in [0.25, 0.3) is 0 Å². The van der Waals surface area contributed by atoms with Crippen molar-refractivity contribution in [1.29, 1.82) is 0 Å². The lowest BCUT2D eigenvalue weighted by atomic mass is 10.2. The number of rotatable bonds is 3. The van der Waals surface area contributed by atoms with Gasteiger partial charge in [0.2, 0.25) is 5.91 Å². The summed E-state index contributed by atoms with van der Waals surface area (Å²) in [6.45, 7) is 0.509. The van der Waals surface area contributed by atoms with Crippen molar-refractivity contribution in [2.45, 2.75) is 18.9 Å². The van der Waals surface area contributed by atoms with E-state index in [0.717, 1.165) is 12.2 Å². The van der Waals surface area contributed by atoms with Crippen LogP contribution in [0.15, 0.2) is 24.3 Å². The van der Waals surface area contributed by atoms with Gasteiger partial charge in [-0.1, -0.05) is 6.07 Å². The molecule has 0 radical (unpaired) electrons. The SMILES string of the molecule is Nc1cccc(OCC2CCC(=O)N2)c1. The highest BCUT2D eigenvalue weighted by Gasteiger charge is 2.20. The minimum Gasteiger partial charge on any atom is -0.491 e. The van der Waals surface area contributed by atoms with Gasteiger partial charge in [-0.25, -0.2) is 0 Å². The Labute approximate surface area is 88.4 Å². The zero-order chi connectivity index (χ0) is 10.7. The topological polar surface area (TPSA) is 64.3 Å². The van der Waals surface area contributed by atoms with Crippen LogP contribution in [0.5, 0.6) is 5.75 Å². The molecule has 0 bridgehead atoms. The van der Waals surface area contributed by atoms with E-state index in [2.05, 4.69) is 5.32 Å². The number of carbonyl (C=O) groups excluding carboxylic acids is 1. The number of benzene rings is 1. The number of nitrogen functional groups attached to an aromatic ring is 1. The van der Waals surface area contributed by atoms with Crippen LogP contribution in [-0.2, 0) is 4.79 Å². The fraction of sp³-hybridized carbons (Fsp3) is 0.364. The highest BCUT2D eigenvalue weighted by Crippen LogP contribution is 2.16. The first-order chi connectivity index (χ1) is 7.24. The van der Waals surface area contributed by atoms with Crippen LogP contribution in [0.2, 0.25) is 0 Å². The summed E-state index contributed by atoms with van der Waals surface area (Å²) in [6, 6.07) is 7.42. The van der Waals surface area contributed by atoms with Crippen molar-refractivity contribution in [3.8, 4) is 5.75 Å². The number of nitrogens with two attached hydrogens (primary N) is 1. The molecule has 15 heavy (non-hydrogen) atoms. The number of hydrogen-bond donors (Lipinski definition) is 2. The first kappa shape index (κ1) is 9.83. The van der Waals surface area contributed by atoms with Crippen LogP contribution in [-0.4, -0.2) is 18.6 Å². The molecule has 1 atom stereocenters. The van der Waals surface area contributed by atoms with Gasteiger partial charge in [0.05, 0.1) is 6.04 Å². The largest absolute Gasteiger partial charge is 0.491 e. The van der Waals surface area contributed by atoms with Gasteiger partial charge in [0.25, 0.3) is 0 Å². The summed E-state index contributed by atoms with van der Waals surface area (Å²) in [7, 11) is 0. The van der Waals surface area contributed by atoms with E-state index in [1.807, 2.05) is 18.2 Å².